The number of fused-ring (bicyclic) bond motifs is 1. The zero-order valence-corrected chi connectivity index (χ0v) is 14.8. The van der Waals surface area contributed by atoms with Crippen LogP contribution in [0.25, 0.3) is 0 Å². The second kappa shape index (κ2) is 5.81. The molecule has 0 bridgehead atoms. The molecular formula is C13H16BrFN2O2S2. The van der Waals surface area contributed by atoms with E-state index in [-0.39, 0.29) is 5.82 Å². The van der Waals surface area contributed by atoms with Crippen molar-refractivity contribution in [1.82, 2.24) is 8.61 Å². The minimum absolute atomic E-state index is 0.184. The number of halogens is 2. The Morgan fingerprint density at radius 1 is 1.33 bits per heavy atom. The van der Waals surface area contributed by atoms with Crippen molar-refractivity contribution in [1.29, 1.82) is 0 Å². The molecule has 8 heteroatoms. The topological polar surface area (TPSA) is 40.6 Å². The molecule has 0 unspecified atom stereocenters. The van der Waals surface area contributed by atoms with Crippen LogP contribution in [-0.2, 0) is 16.6 Å². The summed E-state index contributed by atoms with van der Waals surface area (Å²) in [6.07, 6.45) is 2.83. The molecule has 3 rings (SSSR count). The fourth-order valence-corrected chi connectivity index (χ4v) is 5.23. The minimum Gasteiger partial charge on any atom is -0.239 e. The van der Waals surface area contributed by atoms with Crippen LogP contribution in [0.2, 0.25) is 0 Å². The van der Waals surface area contributed by atoms with Gasteiger partial charge in [-0.1, -0.05) is 0 Å². The first-order valence-electron chi connectivity index (χ1n) is 6.73. The molecule has 0 N–H and O–H groups in total. The molecule has 0 aromatic heterocycles. The van der Waals surface area contributed by atoms with E-state index in [1.165, 1.54) is 10.6 Å². The van der Waals surface area contributed by atoms with Gasteiger partial charge in [-0.25, -0.2) is 21.4 Å². The Balaban J connectivity index is 1.68. The molecule has 0 spiro atoms. The van der Waals surface area contributed by atoms with E-state index in [9.17, 15) is 12.8 Å². The predicted molar refractivity (Wildman–Crippen MR) is 84.9 cm³/mol. The molecule has 0 amide bonds. The molecule has 2 aliphatic rings. The maximum Gasteiger partial charge on any atom is 0.211 e. The van der Waals surface area contributed by atoms with Crippen molar-refractivity contribution in [3.05, 3.63) is 28.0 Å². The smallest absolute Gasteiger partial charge is 0.211 e. The van der Waals surface area contributed by atoms with Gasteiger partial charge in [0.05, 0.1) is 10.7 Å². The van der Waals surface area contributed by atoms with Crippen molar-refractivity contribution >= 4 is 37.9 Å². The first-order valence-corrected chi connectivity index (χ1v) is 10.1. The summed E-state index contributed by atoms with van der Waals surface area (Å²) in [5.41, 5.74) is 0.736. The number of piperidine rings is 1. The highest BCUT2D eigenvalue weighted by Gasteiger charge is 2.33. The molecule has 1 aromatic rings. The van der Waals surface area contributed by atoms with Gasteiger partial charge in [0.2, 0.25) is 10.0 Å². The Morgan fingerprint density at radius 3 is 2.62 bits per heavy atom. The van der Waals surface area contributed by atoms with Crippen LogP contribution in [0, 0.1) is 5.82 Å². The molecule has 116 valence electrons. The van der Waals surface area contributed by atoms with Crippen LogP contribution in [-0.4, -0.2) is 42.4 Å². The number of rotatable bonds is 2. The molecule has 1 fully saturated rings. The van der Waals surface area contributed by atoms with Crippen LogP contribution in [0.1, 0.15) is 18.4 Å². The van der Waals surface area contributed by atoms with Crippen molar-refractivity contribution in [3.8, 4) is 0 Å². The van der Waals surface area contributed by atoms with Crippen LogP contribution >= 0.6 is 27.9 Å². The summed E-state index contributed by atoms with van der Waals surface area (Å²) in [4.78, 5) is 0.959. The summed E-state index contributed by atoms with van der Waals surface area (Å²) in [5.74, 6) is -0.184. The molecule has 1 aromatic carbocycles. The monoisotopic (exact) mass is 394 g/mol. The van der Waals surface area contributed by atoms with Gasteiger partial charge in [0, 0.05) is 36.1 Å². The SMILES string of the molecule is CS(=O)(=O)N1CCC(N2Cc3c(ccc(Br)c3F)S2)CC1. The van der Waals surface area contributed by atoms with E-state index < -0.39 is 10.0 Å². The molecule has 0 atom stereocenters. The molecule has 2 aliphatic heterocycles. The molecule has 0 radical (unpaired) electrons. The van der Waals surface area contributed by atoms with Gasteiger partial charge in [-0.15, -0.1) is 0 Å². The van der Waals surface area contributed by atoms with E-state index in [2.05, 4.69) is 20.2 Å². The van der Waals surface area contributed by atoms with Gasteiger partial charge in [-0.3, -0.25) is 0 Å². The molecule has 4 nitrogen and oxygen atoms in total. The molecule has 21 heavy (non-hydrogen) atoms. The van der Waals surface area contributed by atoms with Crippen LogP contribution in [0.15, 0.2) is 21.5 Å². The summed E-state index contributed by atoms with van der Waals surface area (Å²) in [6, 6.07) is 3.95. The van der Waals surface area contributed by atoms with Gasteiger partial charge >= 0.3 is 0 Å². The second-order valence-corrected chi connectivity index (χ2v) is 9.33. The normalized spacial score (nSPS) is 21.7. The Morgan fingerprint density at radius 2 is 2.00 bits per heavy atom. The number of hydrogen-bond acceptors (Lipinski definition) is 4. The first kappa shape index (κ1) is 15.7. The maximum absolute atomic E-state index is 14.1. The first-order chi connectivity index (χ1) is 9.86. The van der Waals surface area contributed by atoms with E-state index in [0.29, 0.717) is 30.1 Å². The maximum atomic E-state index is 14.1. The van der Waals surface area contributed by atoms with Crippen LogP contribution in [0.5, 0.6) is 0 Å². The standard InChI is InChI=1S/C13H16BrFN2O2S2/c1-21(18,19)16-6-4-9(5-7-16)17-8-10-12(20-17)3-2-11(14)13(10)15/h2-3,9H,4-8H2,1H3. The Kier molecular flexibility index (Phi) is 4.35. The van der Waals surface area contributed by atoms with Gasteiger partial charge in [0.25, 0.3) is 0 Å². The predicted octanol–water partition coefficient (Wildman–Crippen LogP) is 2.83. The van der Waals surface area contributed by atoms with E-state index in [4.69, 9.17) is 0 Å². The Hall–Kier alpha value is -0.150. The fraction of sp³-hybridized carbons (Fsp3) is 0.538. The van der Waals surface area contributed by atoms with Gasteiger partial charge in [-0.05, 0) is 52.9 Å². The zero-order chi connectivity index (χ0) is 15.2. The lowest BCUT2D eigenvalue weighted by molar-refractivity contribution is 0.228. The second-order valence-electron chi connectivity index (χ2n) is 5.40. The van der Waals surface area contributed by atoms with Crippen molar-refractivity contribution in [3.63, 3.8) is 0 Å². The lowest BCUT2D eigenvalue weighted by Crippen LogP contribution is -2.43. The number of hydrogen-bond donors (Lipinski definition) is 0. The highest BCUT2D eigenvalue weighted by Crippen LogP contribution is 2.42. The van der Waals surface area contributed by atoms with Gasteiger partial charge in [0.15, 0.2) is 0 Å². The average Bonchev–Trinajstić information content (AvgIpc) is 2.87. The van der Waals surface area contributed by atoms with Crippen molar-refractivity contribution in [2.24, 2.45) is 0 Å². The Labute approximate surface area is 137 Å². The average molecular weight is 395 g/mol. The number of benzene rings is 1. The molecule has 0 aliphatic carbocycles. The summed E-state index contributed by atoms with van der Waals surface area (Å²) >= 11 is 4.80. The number of sulfonamides is 1. The highest BCUT2D eigenvalue weighted by molar-refractivity contribution is 9.10. The van der Waals surface area contributed by atoms with Crippen LogP contribution in [0.4, 0.5) is 4.39 Å². The highest BCUT2D eigenvalue weighted by atomic mass is 79.9. The van der Waals surface area contributed by atoms with E-state index in [1.54, 1.807) is 18.0 Å². The molecule has 2 heterocycles. The van der Waals surface area contributed by atoms with E-state index >= 15 is 0 Å². The third-order valence-electron chi connectivity index (χ3n) is 3.98. The fourth-order valence-electron chi connectivity index (χ4n) is 2.79. The molecule has 0 saturated carbocycles. The molecule has 1 saturated heterocycles. The summed E-state index contributed by atoms with van der Waals surface area (Å²) in [5, 5.41) is 0. The van der Waals surface area contributed by atoms with Crippen LogP contribution < -0.4 is 0 Å². The Bertz CT molecular complexity index is 660. The third-order valence-corrected chi connectivity index (χ3v) is 7.14. The van der Waals surface area contributed by atoms with Gasteiger partial charge < -0.3 is 0 Å². The zero-order valence-electron chi connectivity index (χ0n) is 11.6. The lowest BCUT2D eigenvalue weighted by Gasteiger charge is -2.34. The van der Waals surface area contributed by atoms with E-state index in [1.807, 2.05) is 6.07 Å². The molecular weight excluding hydrogens is 379 g/mol. The van der Waals surface area contributed by atoms with E-state index in [0.717, 1.165) is 23.3 Å². The summed E-state index contributed by atoms with van der Waals surface area (Å²) in [7, 11) is -3.10. The van der Waals surface area contributed by atoms with Gasteiger partial charge in [-0.2, -0.15) is 0 Å². The number of nitrogens with zero attached hydrogens (tertiary/aromatic N) is 2. The lowest BCUT2D eigenvalue weighted by atomic mass is 10.1. The minimum atomic E-state index is -3.10. The van der Waals surface area contributed by atoms with Crippen LogP contribution in [0.3, 0.4) is 0 Å². The summed E-state index contributed by atoms with van der Waals surface area (Å²) in [6.45, 7) is 1.67. The third kappa shape index (κ3) is 3.14. The van der Waals surface area contributed by atoms with Gasteiger partial charge in [0.1, 0.15) is 5.82 Å². The van der Waals surface area contributed by atoms with Crippen molar-refractivity contribution < 1.29 is 12.8 Å². The quantitative estimate of drug-likeness (QED) is 0.723. The van der Waals surface area contributed by atoms with Crippen molar-refractivity contribution in [2.45, 2.75) is 30.3 Å². The summed E-state index contributed by atoms with van der Waals surface area (Å²) < 4.78 is 41.3. The van der Waals surface area contributed by atoms with Crippen molar-refractivity contribution in [2.75, 3.05) is 19.3 Å². The largest absolute Gasteiger partial charge is 0.239 e.